The summed E-state index contributed by atoms with van der Waals surface area (Å²) < 4.78 is 11.2. The number of hydrogen-bond acceptors (Lipinski definition) is 7. The second-order valence-corrected chi connectivity index (χ2v) is 7.46. The van der Waals surface area contributed by atoms with Crippen molar-refractivity contribution in [3.8, 4) is 5.75 Å². The van der Waals surface area contributed by atoms with Crippen LogP contribution in [-0.4, -0.2) is 47.9 Å². The van der Waals surface area contributed by atoms with Gasteiger partial charge in [0.15, 0.2) is 18.0 Å². The molecule has 0 unspecified atom stereocenters. The normalized spacial score (nSPS) is 29.7. The molecular formula is C22H21NO6. The van der Waals surface area contributed by atoms with Crippen molar-refractivity contribution in [1.82, 2.24) is 5.23 Å². The van der Waals surface area contributed by atoms with Crippen molar-refractivity contribution in [3.63, 3.8) is 0 Å². The van der Waals surface area contributed by atoms with Crippen LogP contribution in [0.2, 0.25) is 0 Å². The summed E-state index contributed by atoms with van der Waals surface area (Å²) in [4.78, 5) is 37.3. The second kappa shape index (κ2) is 6.95. The minimum Gasteiger partial charge on any atom is -0.485 e. The molecule has 3 aliphatic rings. The molecule has 5 atom stereocenters. The molecule has 2 aromatic carbocycles. The highest BCUT2D eigenvalue weighted by Gasteiger charge is 2.64. The number of hydroxylamine groups is 2. The molecule has 0 saturated carbocycles. The molecule has 150 valence electrons. The van der Waals surface area contributed by atoms with Crippen molar-refractivity contribution < 1.29 is 28.7 Å². The molecule has 7 nitrogen and oxygen atoms in total. The van der Waals surface area contributed by atoms with Crippen LogP contribution >= 0.6 is 0 Å². The average molecular weight is 395 g/mol. The zero-order valence-corrected chi connectivity index (χ0v) is 16.1. The number of benzene rings is 2. The van der Waals surface area contributed by atoms with Gasteiger partial charge < -0.3 is 9.47 Å². The number of ketones is 1. The van der Waals surface area contributed by atoms with Gasteiger partial charge in [0.1, 0.15) is 11.8 Å². The first kappa shape index (κ1) is 18.3. The molecular weight excluding hydrogens is 374 g/mol. The Morgan fingerprint density at radius 1 is 1.03 bits per heavy atom. The first-order valence-electron chi connectivity index (χ1n) is 9.74. The Hall–Kier alpha value is -2.74. The maximum absolute atomic E-state index is 13.3. The molecule has 0 radical (unpaired) electrons. The van der Waals surface area contributed by atoms with E-state index < -0.39 is 30.3 Å². The minimum absolute atomic E-state index is 0.129. The summed E-state index contributed by atoms with van der Waals surface area (Å²) in [6.45, 7) is 3.95. The number of rotatable bonds is 4. The zero-order chi connectivity index (χ0) is 20.1. The van der Waals surface area contributed by atoms with E-state index in [0.717, 1.165) is 11.1 Å². The Morgan fingerprint density at radius 3 is 2.52 bits per heavy atom. The van der Waals surface area contributed by atoms with E-state index in [1.165, 1.54) is 5.23 Å². The summed E-state index contributed by atoms with van der Waals surface area (Å²) >= 11 is 0. The van der Waals surface area contributed by atoms with Gasteiger partial charge in [-0.15, -0.1) is 0 Å². The summed E-state index contributed by atoms with van der Waals surface area (Å²) in [5.41, 5.74) is 2.52. The van der Waals surface area contributed by atoms with Crippen LogP contribution in [0.1, 0.15) is 34.3 Å². The molecule has 2 fully saturated rings. The molecule has 0 bridgehead atoms. The third-order valence-electron chi connectivity index (χ3n) is 5.66. The van der Waals surface area contributed by atoms with E-state index in [-0.39, 0.29) is 18.3 Å². The summed E-state index contributed by atoms with van der Waals surface area (Å²) in [7, 11) is 0. The monoisotopic (exact) mass is 395 g/mol. The van der Waals surface area contributed by atoms with Crippen LogP contribution in [0, 0.1) is 6.92 Å². The van der Waals surface area contributed by atoms with Crippen molar-refractivity contribution in [2.75, 3.05) is 6.61 Å². The lowest BCUT2D eigenvalue weighted by Crippen LogP contribution is -2.48. The number of nitrogens with zero attached hydrogens (tertiary/aromatic N) is 1. The predicted molar refractivity (Wildman–Crippen MR) is 101 cm³/mol. The molecule has 0 N–H and O–H groups in total. The van der Waals surface area contributed by atoms with Crippen LogP contribution < -0.4 is 4.74 Å². The Kier molecular flexibility index (Phi) is 4.38. The lowest BCUT2D eigenvalue weighted by atomic mass is 9.79. The van der Waals surface area contributed by atoms with Crippen LogP contribution in [0.15, 0.2) is 48.5 Å². The molecule has 0 aromatic heterocycles. The number of carbonyl (C=O) groups is 2. The van der Waals surface area contributed by atoms with Crippen molar-refractivity contribution in [3.05, 3.63) is 65.2 Å². The fourth-order valence-corrected chi connectivity index (χ4v) is 4.31. The number of hydrogen-bond donors (Lipinski definition) is 0. The van der Waals surface area contributed by atoms with E-state index in [0.29, 0.717) is 11.3 Å². The lowest BCUT2D eigenvalue weighted by molar-refractivity contribution is -0.347. The van der Waals surface area contributed by atoms with Crippen LogP contribution in [0.3, 0.4) is 0 Å². The predicted octanol–water partition coefficient (Wildman–Crippen LogP) is 2.58. The van der Waals surface area contributed by atoms with Crippen LogP contribution in [0.4, 0.5) is 0 Å². The number of esters is 1. The van der Waals surface area contributed by atoms with E-state index in [1.807, 2.05) is 43.3 Å². The van der Waals surface area contributed by atoms with Gasteiger partial charge in [-0.2, -0.15) is 0 Å². The van der Waals surface area contributed by atoms with Crippen molar-refractivity contribution in [2.24, 2.45) is 0 Å². The molecule has 0 amide bonds. The third-order valence-corrected chi connectivity index (χ3v) is 5.66. The topological polar surface area (TPSA) is 74.3 Å². The maximum Gasteiger partial charge on any atom is 0.341 e. The number of fused-ring (bicyclic) bond motifs is 2. The summed E-state index contributed by atoms with van der Waals surface area (Å²) in [5, 5.41) is 1.27. The van der Waals surface area contributed by atoms with Crippen molar-refractivity contribution in [2.45, 2.75) is 44.1 Å². The van der Waals surface area contributed by atoms with E-state index >= 15 is 0 Å². The zero-order valence-electron chi connectivity index (χ0n) is 16.1. The first-order chi connectivity index (χ1) is 14.1. The molecule has 5 rings (SSSR count). The highest BCUT2D eigenvalue weighted by atomic mass is 17.0. The number of para-hydroxylation sites is 1. The quantitative estimate of drug-likeness (QED) is 0.582. The van der Waals surface area contributed by atoms with Gasteiger partial charge in [0.05, 0.1) is 6.61 Å². The van der Waals surface area contributed by atoms with Gasteiger partial charge in [-0.1, -0.05) is 53.3 Å². The van der Waals surface area contributed by atoms with Gasteiger partial charge >= 0.3 is 5.97 Å². The highest BCUT2D eigenvalue weighted by Crippen LogP contribution is 2.50. The Labute approximate surface area is 168 Å². The smallest absolute Gasteiger partial charge is 0.341 e. The van der Waals surface area contributed by atoms with E-state index in [4.69, 9.17) is 19.1 Å². The van der Waals surface area contributed by atoms with Gasteiger partial charge in [0, 0.05) is 17.0 Å². The standard InChI is InChI=1S/C22H21NO6/c1-3-26-22(25)21-20-17-16(14-6-4-5-7-15(14)27-20)19(28-23(17)29-21)18(24)13-10-8-12(2)9-11-13/h4-11,16-17,19-21H,3H2,1-2H3/t16-,17-,19-,20+,21+/m1/s1. The van der Waals surface area contributed by atoms with Crippen molar-refractivity contribution in [1.29, 1.82) is 0 Å². The Morgan fingerprint density at radius 2 is 1.76 bits per heavy atom. The van der Waals surface area contributed by atoms with Gasteiger partial charge in [-0.05, 0) is 19.9 Å². The average Bonchev–Trinajstić information content (AvgIpc) is 3.28. The van der Waals surface area contributed by atoms with E-state index in [9.17, 15) is 9.59 Å². The SMILES string of the molecule is CCOC(=O)[C@H]1ON2O[C@@H](C(=O)c3ccc(C)cc3)[C@@H]3c4ccccc4O[C@H]1[C@@H]32. The van der Waals surface area contributed by atoms with Crippen LogP contribution in [0.25, 0.3) is 0 Å². The van der Waals surface area contributed by atoms with Gasteiger partial charge in [0.25, 0.3) is 0 Å². The molecule has 29 heavy (non-hydrogen) atoms. The molecule has 3 heterocycles. The minimum atomic E-state index is -0.939. The van der Waals surface area contributed by atoms with Gasteiger partial charge in [-0.25, -0.2) is 4.79 Å². The largest absolute Gasteiger partial charge is 0.485 e. The summed E-state index contributed by atoms with van der Waals surface area (Å²) in [6.07, 6.45) is -2.32. The van der Waals surface area contributed by atoms with E-state index in [2.05, 4.69) is 0 Å². The first-order valence-corrected chi connectivity index (χ1v) is 9.74. The Bertz CT molecular complexity index is 958. The second-order valence-electron chi connectivity index (χ2n) is 7.46. The number of ether oxygens (including phenoxy) is 2. The lowest BCUT2D eigenvalue weighted by Gasteiger charge is -2.33. The number of carbonyl (C=O) groups excluding carboxylic acids is 2. The molecule has 7 heteroatoms. The fourth-order valence-electron chi connectivity index (χ4n) is 4.31. The fraction of sp³-hybridized carbons (Fsp3) is 0.364. The molecule has 2 saturated heterocycles. The van der Waals surface area contributed by atoms with Crippen LogP contribution in [0.5, 0.6) is 5.75 Å². The molecule has 0 spiro atoms. The van der Waals surface area contributed by atoms with Gasteiger partial charge in [0.2, 0.25) is 6.10 Å². The Balaban J connectivity index is 1.53. The summed E-state index contributed by atoms with van der Waals surface area (Å²) in [5.74, 6) is -0.324. The van der Waals surface area contributed by atoms with Crippen molar-refractivity contribution >= 4 is 11.8 Å². The molecule has 3 aliphatic heterocycles. The van der Waals surface area contributed by atoms with Crippen LogP contribution in [-0.2, 0) is 19.2 Å². The maximum atomic E-state index is 13.3. The molecule has 0 aliphatic carbocycles. The molecule has 2 aromatic rings. The number of Topliss-reactive ketones (excluding diaryl/α,β-unsaturated/α-hetero) is 1. The third kappa shape index (κ3) is 2.85. The van der Waals surface area contributed by atoms with Gasteiger partial charge in [-0.3, -0.25) is 14.5 Å². The highest BCUT2D eigenvalue weighted by molar-refractivity contribution is 6.00. The summed E-state index contributed by atoms with van der Waals surface area (Å²) in [6, 6.07) is 14.5. The van der Waals surface area contributed by atoms with E-state index in [1.54, 1.807) is 19.1 Å². The number of aryl methyl sites for hydroxylation is 1.